The molecule has 0 unspecified atom stereocenters. The minimum absolute atomic E-state index is 0.00993. The third-order valence-corrected chi connectivity index (χ3v) is 6.27. The highest BCUT2D eigenvalue weighted by Crippen LogP contribution is 2.38. The van der Waals surface area contributed by atoms with Crippen molar-refractivity contribution in [3.63, 3.8) is 0 Å². The van der Waals surface area contributed by atoms with Gasteiger partial charge in [-0.05, 0) is 73.9 Å². The minimum atomic E-state index is -0.00993. The van der Waals surface area contributed by atoms with Gasteiger partial charge in [0, 0.05) is 13.2 Å². The summed E-state index contributed by atoms with van der Waals surface area (Å²) in [6.07, 6.45) is 5.24. The third-order valence-electron chi connectivity index (χ3n) is 5.98. The van der Waals surface area contributed by atoms with Crippen molar-refractivity contribution in [1.82, 2.24) is 4.90 Å². The molecule has 1 fully saturated rings. The van der Waals surface area contributed by atoms with Crippen LogP contribution in [-0.2, 0) is 13.0 Å². The lowest BCUT2D eigenvalue weighted by atomic mass is 9.75. The molecular formula is C23H30ClNO3. The van der Waals surface area contributed by atoms with Crippen LogP contribution >= 0.6 is 11.6 Å². The number of aryl methyl sites for hydroxylation is 1. The van der Waals surface area contributed by atoms with Crippen LogP contribution in [0.3, 0.4) is 0 Å². The SMILES string of the molecule is COc1cc(CN2CCC(CO)(CCCc3ccccc3)CC2)cc(Cl)c1O. The van der Waals surface area contributed by atoms with Gasteiger partial charge < -0.3 is 14.9 Å². The van der Waals surface area contributed by atoms with E-state index in [9.17, 15) is 10.2 Å². The number of phenols is 1. The standard InChI is InChI=1S/C23H30ClNO3/c1-28-21-15-19(14-20(24)22(21)27)16-25-12-10-23(17-26,11-13-25)9-5-8-18-6-3-2-4-7-18/h2-4,6-7,14-15,26-27H,5,8-13,16-17H2,1H3. The Labute approximate surface area is 172 Å². The van der Waals surface area contributed by atoms with Gasteiger partial charge in [-0.15, -0.1) is 0 Å². The Morgan fingerprint density at radius 2 is 1.82 bits per heavy atom. The van der Waals surface area contributed by atoms with Crippen LogP contribution in [0.15, 0.2) is 42.5 Å². The molecule has 0 aromatic heterocycles. The minimum Gasteiger partial charge on any atom is -0.503 e. The number of hydrogen-bond donors (Lipinski definition) is 2. The fourth-order valence-electron chi connectivity index (χ4n) is 4.12. The number of benzene rings is 2. The van der Waals surface area contributed by atoms with Gasteiger partial charge >= 0.3 is 0 Å². The van der Waals surface area contributed by atoms with Crippen molar-refractivity contribution in [3.8, 4) is 11.5 Å². The third kappa shape index (κ3) is 5.19. The lowest BCUT2D eigenvalue weighted by molar-refractivity contribution is 0.0330. The summed E-state index contributed by atoms with van der Waals surface area (Å²) in [6.45, 7) is 2.93. The second-order valence-corrected chi connectivity index (χ2v) is 8.31. The number of aliphatic hydroxyl groups excluding tert-OH is 1. The first-order valence-corrected chi connectivity index (χ1v) is 10.4. The number of aromatic hydroxyl groups is 1. The van der Waals surface area contributed by atoms with E-state index < -0.39 is 0 Å². The predicted octanol–water partition coefficient (Wildman–Crippen LogP) is 4.65. The van der Waals surface area contributed by atoms with E-state index in [0.717, 1.165) is 57.3 Å². The Kier molecular flexibility index (Phi) is 7.22. The molecule has 0 spiro atoms. The quantitative estimate of drug-likeness (QED) is 0.673. The second kappa shape index (κ2) is 9.64. The van der Waals surface area contributed by atoms with Crippen molar-refractivity contribution in [2.75, 3.05) is 26.8 Å². The van der Waals surface area contributed by atoms with Crippen molar-refractivity contribution < 1.29 is 14.9 Å². The van der Waals surface area contributed by atoms with Crippen LogP contribution in [-0.4, -0.2) is 41.9 Å². The van der Waals surface area contributed by atoms with Gasteiger partial charge in [0.1, 0.15) is 0 Å². The molecule has 1 aliphatic rings. The molecule has 3 rings (SSSR count). The summed E-state index contributed by atoms with van der Waals surface area (Å²) in [5, 5.41) is 20.3. The fourth-order valence-corrected chi connectivity index (χ4v) is 4.35. The summed E-state index contributed by atoms with van der Waals surface area (Å²) in [6, 6.07) is 14.2. The molecular weight excluding hydrogens is 374 g/mol. The van der Waals surface area contributed by atoms with E-state index in [-0.39, 0.29) is 17.8 Å². The molecule has 0 amide bonds. The Balaban J connectivity index is 1.53. The van der Waals surface area contributed by atoms with Crippen LogP contribution < -0.4 is 4.74 Å². The summed E-state index contributed by atoms with van der Waals surface area (Å²) in [5.41, 5.74) is 2.43. The van der Waals surface area contributed by atoms with Crippen LogP contribution in [0.5, 0.6) is 11.5 Å². The number of rotatable bonds is 8. The monoisotopic (exact) mass is 403 g/mol. The predicted molar refractivity (Wildman–Crippen MR) is 113 cm³/mol. The largest absolute Gasteiger partial charge is 0.503 e. The molecule has 4 nitrogen and oxygen atoms in total. The molecule has 2 aromatic rings. The van der Waals surface area contributed by atoms with Crippen molar-refractivity contribution in [2.45, 2.75) is 38.6 Å². The number of likely N-dealkylation sites (tertiary alicyclic amines) is 1. The fraction of sp³-hybridized carbons (Fsp3) is 0.478. The van der Waals surface area contributed by atoms with E-state index in [0.29, 0.717) is 10.8 Å². The molecule has 0 saturated carbocycles. The number of ether oxygens (including phenoxy) is 1. The molecule has 0 aliphatic carbocycles. The smallest absolute Gasteiger partial charge is 0.176 e. The Morgan fingerprint density at radius 1 is 1.11 bits per heavy atom. The Bertz CT molecular complexity index is 758. The van der Waals surface area contributed by atoms with Gasteiger partial charge in [0.2, 0.25) is 0 Å². The maximum atomic E-state index is 10.1. The maximum Gasteiger partial charge on any atom is 0.176 e. The molecule has 0 radical (unpaired) electrons. The van der Waals surface area contributed by atoms with Crippen LogP contribution in [0.2, 0.25) is 5.02 Å². The number of nitrogens with zero attached hydrogens (tertiary/aromatic N) is 1. The molecule has 1 heterocycles. The lowest BCUT2D eigenvalue weighted by Gasteiger charge is -2.41. The van der Waals surface area contributed by atoms with E-state index >= 15 is 0 Å². The van der Waals surface area contributed by atoms with Crippen LogP contribution in [0.4, 0.5) is 0 Å². The maximum absolute atomic E-state index is 10.1. The zero-order valence-electron chi connectivity index (χ0n) is 16.5. The first-order valence-electron chi connectivity index (χ1n) is 9.98. The molecule has 1 saturated heterocycles. The van der Waals surface area contributed by atoms with E-state index in [2.05, 4.69) is 29.2 Å². The second-order valence-electron chi connectivity index (χ2n) is 7.90. The van der Waals surface area contributed by atoms with E-state index in [1.54, 1.807) is 6.07 Å². The first-order chi connectivity index (χ1) is 13.5. The number of aliphatic hydroxyl groups is 1. The molecule has 28 heavy (non-hydrogen) atoms. The van der Waals surface area contributed by atoms with Crippen molar-refractivity contribution in [2.24, 2.45) is 5.41 Å². The van der Waals surface area contributed by atoms with Gasteiger partial charge in [0.05, 0.1) is 12.1 Å². The summed E-state index contributed by atoms with van der Waals surface area (Å²) in [7, 11) is 1.53. The van der Waals surface area contributed by atoms with Gasteiger partial charge in [-0.25, -0.2) is 0 Å². The Morgan fingerprint density at radius 3 is 2.46 bits per heavy atom. The summed E-state index contributed by atoms with van der Waals surface area (Å²) >= 11 is 6.11. The Hall–Kier alpha value is -1.75. The molecule has 0 atom stereocenters. The van der Waals surface area contributed by atoms with Gasteiger partial charge in [0.15, 0.2) is 11.5 Å². The summed E-state index contributed by atoms with van der Waals surface area (Å²) in [4.78, 5) is 2.38. The number of piperidine rings is 1. The summed E-state index contributed by atoms with van der Waals surface area (Å²) in [5.74, 6) is 0.398. The van der Waals surface area contributed by atoms with Crippen LogP contribution in [0, 0.1) is 5.41 Å². The molecule has 5 heteroatoms. The number of halogens is 1. The summed E-state index contributed by atoms with van der Waals surface area (Å²) < 4.78 is 5.20. The molecule has 2 N–H and O–H groups in total. The number of methoxy groups -OCH3 is 1. The van der Waals surface area contributed by atoms with Crippen molar-refractivity contribution >= 4 is 11.6 Å². The van der Waals surface area contributed by atoms with Gasteiger partial charge in [-0.3, -0.25) is 4.90 Å². The average Bonchev–Trinajstić information content (AvgIpc) is 2.73. The zero-order chi connectivity index (χ0) is 20.0. The number of phenolic OH excluding ortho intramolecular Hbond substituents is 1. The number of hydrogen-bond acceptors (Lipinski definition) is 4. The molecule has 2 aromatic carbocycles. The zero-order valence-corrected chi connectivity index (χ0v) is 17.3. The highest BCUT2D eigenvalue weighted by Gasteiger charge is 2.33. The molecule has 0 bridgehead atoms. The van der Waals surface area contributed by atoms with E-state index in [1.165, 1.54) is 12.7 Å². The normalized spacial score (nSPS) is 16.8. The molecule has 152 valence electrons. The van der Waals surface area contributed by atoms with Crippen molar-refractivity contribution in [1.29, 1.82) is 0 Å². The van der Waals surface area contributed by atoms with E-state index in [4.69, 9.17) is 16.3 Å². The topological polar surface area (TPSA) is 52.9 Å². The average molecular weight is 404 g/mol. The first kappa shape index (κ1) is 21.0. The van der Waals surface area contributed by atoms with E-state index in [1.807, 2.05) is 12.1 Å². The van der Waals surface area contributed by atoms with Crippen LogP contribution in [0.25, 0.3) is 0 Å². The lowest BCUT2D eigenvalue weighted by Crippen LogP contribution is -2.41. The van der Waals surface area contributed by atoms with Crippen LogP contribution in [0.1, 0.15) is 36.8 Å². The highest BCUT2D eigenvalue weighted by atomic mass is 35.5. The molecule has 1 aliphatic heterocycles. The van der Waals surface area contributed by atoms with Gasteiger partial charge in [-0.1, -0.05) is 41.9 Å². The van der Waals surface area contributed by atoms with Gasteiger partial charge in [0.25, 0.3) is 0 Å². The van der Waals surface area contributed by atoms with Crippen molar-refractivity contribution in [3.05, 3.63) is 58.6 Å². The highest BCUT2D eigenvalue weighted by molar-refractivity contribution is 6.32. The van der Waals surface area contributed by atoms with Gasteiger partial charge in [-0.2, -0.15) is 0 Å².